The van der Waals surface area contributed by atoms with E-state index in [1.807, 2.05) is 60.7 Å². The third-order valence-electron chi connectivity index (χ3n) is 6.32. The summed E-state index contributed by atoms with van der Waals surface area (Å²) in [6.45, 7) is 0.610. The van der Waals surface area contributed by atoms with Crippen LogP contribution in [0, 0.1) is 0 Å². The first-order valence-electron chi connectivity index (χ1n) is 12.4. The molecule has 202 valence electrons. The van der Waals surface area contributed by atoms with Crippen LogP contribution in [0.2, 0.25) is 0 Å². The van der Waals surface area contributed by atoms with Crippen molar-refractivity contribution in [3.8, 4) is 5.75 Å². The summed E-state index contributed by atoms with van der Waals surface area (Å²) in [4.78, 5) is 21.7. The van der Waals surface area contributed by atoms with Crippen molar-refractivity contribution < 1.29 is 19.4 Å². The molecule has 1 amide bonds. The topological polar surface area (TPSA) is 141 Å². The molecule has 10 nitrogen and oxygen atoms in total. The lowest BCUT2D eigenvalue weighted by molar-refractivity contribution is -0.129. The molecule has 0 saturated heterocycles. The lowest BCUT2D eigenvalue weighted by Gasteiger charge is -2.31. The minimum Gasteiger partial charge on any atom is -0.494 e. The SMILES string of the molecule is CNNC(=O)[C@@]1(Cc2ccccc2CN=[N+]=[N-])N=C(c2ccc(OCCCO)cc2)O[C@H]1c1ccc(Br)cc1. The lowest BCUT2D eigenvalue weighted by atomic mass is 9.81. The summed E-state index contributed by atoms with van der Waals surface area (Å²) in [5.74, 6) is 0.612. The molecule has 1 heterocycles. The van der Waals surface area contributed by atoms with Crippen LogP contribution in [0.25, 0.3) is 10.4 Å². The van der Waals surface area contributed by atoms with Crippen LogP contribution in [0.3, 0.4) is 0 Å². The van der Waals surface area contributed by atoms with E-state index < -0.39 is 11.6 Å². The minimum atomic E-state index is -1.38. The number of rotatable bonds is 12. The highest BCUT2D eigenvalue weighted by atomic mass is 79.9. The Hall–Kier alpha value is -3.89. The molecule has 3 aromatic carbocycles. The zero-order valence-corrected chi connectivity index (χ0v) is 23.0. The standard InChI is InChI=1S/C28H29BrN6O4/c1-31-34-27(37)28(17-21-5-2-3-6-22(21)18-32-35-30)25(19-7-11-23(29)12-8-19)39-26(33-28)20-9-13-24(14-10-20)38-16-4-15-36/h2-3,5-14,25,31,36H,4,15-18H2,1H3,(H,34,37)/t25-,28-/m0/s1. The van der Waals surface area contributed by atoms with Gasteiger partial charge in [-0.2, -0.15) is 0 Å². The molecule has 1 aliphatic heterocycles. The summed E-state index contributed by atoms with van der Waals surface area (Å²) in [6.07, 6.45) is -0.0112. The Bertz CT molecular complexity index is 1360. The fourth-order valence-corrected chi connectivity index (χ4v) is 4.69. The number of carbonyl (C=O) groups is 1. The van der Waals surface area contributed by atoms with Crippen LogP contribution < -0.4 is 15.6 Å². The molecule has 3 aromatic rings. The van der Waals surface area contributed by atoms with Gasteiger partial charge in [-0.3, -0.25) is 10.2 Å². The molecule has 4 rings (SSSR count). The Morgan fingerprint density at radius 3 is 2.54 bits per heavy atom. The molecule has 0 aliphatic carbocycles. The summed E-state index contributed by atoms with van der Waals surface area (Å²) in [5.41, 5.74) is 16.1. The fourth-order valence-electron chi connectivity index (χ4n) is 4.42. The first-order chi connectivity index (χ1) is 19.0. The largest absolute Gasteiger partial charge is 0.494 e. The molecule has 0 spiro atoms. The van der Waals surface area contributed by atoms with Gasteiger partial charge in [0, 0.05) is 41.4 Å². The van der Waals surface area contributed by atoms with Gasteiger partial charge in [0.05, 0.1) is 13.2 Å². The van der Waals surface area contributed by atoms with Gasteiger partial charge in [-0.1, -0.05) is 57.4 Å². The first kappa shape index (κ1) is 28.1. The van der Waals surface area contributed by atoms with E-state index in [0.717, 1.165) is 21.2 Å². The third-order valence-corrected chi connectivity index (χ3v) is 6.85. The molecule has 3 N–H and O–H groups in total. The van der Waals surface area contributed by atoms with E-state index >= 15 is 0 Å². The van der Waals surface area contributed by atoms with Crippen molar-refractivity contribution in [2.24, 2.45) is 10.1 Å². The molecule has 11 heteroatoms. The minimum absolute atomic E-state index is 0.0585. The van der Waals surface area contributed by atoms with Gasteiger partial charge in [0.25, 0.3) is 5.91 Å². The van der Waals surface area contributed by atoms with Gasteiger partial charge in [0.15, 0.2) is 11.6 Å². The molecule has 0 saturated carbocycles. The van der Waals surface area contributed by atoms with Crippen molar-refractivity contribution >= 4 is 27.7 Å². The summed E-state index contributed by atoms with van der Waals surface area (Å²) >= 11 is 3.48. The van der Waals surface area contributed by atoms with Gasteiger partial charge >= 0.3 is 0 Å². The average Bonchev–Trinajstić information content (AvgIpc) is 3.34. The van der Waals surface area contributed by atoms with Crippen LogP contribution in [0.4, 0.5) is 0 Å². The van der Waals surface area contributed by atoms with E-state index in [1.54, 1.807) is 19.2 Å². The number of ether oxygens (including phenoxy) is 2. The van der Waals surface area contributed by atoms with Gasteiger partial charge in [0.1, 0.15) is 5.75 Å². The molecule has 39 heavy (non-hydrogen) atoms. The molecule has 1 aliphatic rings. The van der Waals surface area contributed by atoms with Crippen molar-refractivity contribution in [2.75, 3.05) is 20.3 Å². The highest BCUT2D eigenvalue weighted by Crippen LogP contribution is 2.43. The number of nitrogens with zero attached hydrogens (tertiary/aromatic N) is 4. The summed E-state index contributed by atoms with van der Waals surface area (Å²) in [5, 5.41) is 12.7. The number of aliphatic imine (C=N–C) groups is 1. The Labute approximate surface area is 234 Å². The van der Waals surface area contributed by atoms with Gasteiger partial charge in [-0.25, -0.2) is 10.4 Å². The van der Waals surface area contributed by atoms with Crippen molar-refractivity contribution in [1.82, 2.24) is 10.9 Å². The number of azide groups is 1. The fraction of sp³-hybridized carbons (Fsp3) is 0.286. The van der Waals surface area contributed by atoms with Crippen LogP contribution >= 0.6 is 15.9 Å². The number of hydrogen-bond donors (Lipinski definition) is 3. The van der Waals surface area contributed by atoms with Crippen LogP contribution in [0.5, 0.6) is 5.75 Å². The van der Waals surface area contributed by atoms with Crippen LogP contribution in [-0.2, 0) is 22.5 Å². The van der Waals surface area contributed by atoms with Gasteiger partial charge in [0.2, 0.25) is 5.90 Å². The average molecular weight is 593 g/mol. The van der Waals surface area contributed by atoms with E-state index in [4.69, 9.17) is 25.1 Å². The molecule has 0 radical (unpaired) electrons. The van der Waals surface area contributed by atoms with Crippen LogP contribution in [0.15, 0.2) is 87.4 Å². The maximum absolute atomic E-state index is 13.8. The molecule has 2 atom stereocenters. The van der Waals surface area contributed by atoms with Gasteiger partial charge < -0.3 is 14.6 Å². The number of aliphatic hydroxyl groups is 1. The highest BCUT2D eigenvalue weighted by Gasteiger charge is 2.53. The maximum Gasteiger partial charge on any atom is 0.266 e. The zero-order chi connectivity index (χ0) is 27.7. The predicted molar refractivity (Wildman–Crippen MR) is 151 cm³/mol. The van der Waals surface area contributed by atoms with Gasteiger partial charge in [-0.05, 0) is 58.6 Å². The number of aliphatic hydroxyl groups excluding tert-OH is 1. The molecule has 0 unspecified atom stereocenters. The summed E-state index contributed by atoms with van der Waals surface area (Å²) in [6, 6.07) is 22.4. The molecule has 0 aromatic heterocycles. The number of nitrogens with one attached hydrogen (secondary N) is 2. The summed E-state index contributed by atoms with van der Waals surface area (Å²) in [7, 11) is 1.62. The van der Waals surface area contributed by atoms with Crippen molar-refractivity contribution in [3.05, 3.63) is 110 Å². The smallest absolute Gasteiger partial charge is 0.266 e. The number of hydrogen-bond acceptors (Lipinski definition) is 7. The summed E-state index contributed by atoms with van der Waals surface area (Å²) < 4.78 is 13.0. The van der Waals surface area contributed by atoms with E-state index in [0.29, 0.717) is 30.2 Å². The highest BCUT2D eigenvalue weighted by molar-refractivity contribution is 9.10. The normalized spacial score (nSPS) is 18.0. The molecular formula is C28H29BrN6O4. The third kappa shape index (κ3) is 6.58. The van der Waals surface area contributed by atoms with E-state index in [9.17, 15) is 4.79 Å². The van der Waals surface area contributed by atoms with E-state index in [-0.39, 0.29) is 25.5 Å². The Balaban J connectivity index is 1.80. The monoisotopic (exact) mass is 592 g/mol. The van der Waals surface area contributed by atoms with Crippen molar-refractivity contribution in [1.29, 1.82) is 0 Å². The second kappa shape index (κ2) is 13.3. The Morgan fingerprint density at radius 1 is 1.15 bits per heavy atom. The lowest BCUT2D eigenvalue weighted by Crippen LogP contribution is -2.53. The number of benzene rings is 3. The number of amides is 1. The second-order valence-corrected chi connectivity index (χ2v) is 9.79. The van der Waals surface area contributed by atoms with Crippen molar-refractivity contribution in [3.63, 3.8) is 0 Å². The zero-order valence-electron chi connectivity index (χ0n) is 21.4. The van der Waals surface area contributed by atoms with Gasteiger partial charge in [-0.15, -0.1) is 0 Å². The number of hydrazine groups is 1. The molecule has 0 bridgehead atoms. The molecule has 0 fully saturated rings. The maximum atomic E-state index is 13.8. The molecular weight excluding hydrogens is 564 g/mol. The van der Waals surface area contributed by atoms with E-state index in [1.165, 1.54) is 0 Å². The first-order valence-corrected chi connectivity index (χ1v) is 13.2. The Kier molecular flexibility index (Phi) is 9.56. The number of halogens is 1. The Morgan fingerprint density at radius 2 is 1.87 bits per heavy atom. The second-order valence-electron chi connectivity index (χ2n) is 8.88. The van der Waals surface area contributed by atoms with Crippen LogP contribution in [-0.4, -0.2) is 42.7 Å². The van der Waals surface area contributed by atoms with Crippen LogP contribution in [0.1, 0.15) is 34.8 Å². The quantitative estimate of drug-likeness (QED) is 0.0913. The van der Waals surface area contributed by atoms with Crippen molar-refractivity contribution in [2.45, 2.75) is 31.0 Å². The van der Waals surface area contributed by atoms with E-state index in [2.05, 4.69) is 36.8 Å². The number of carbonyl (C=O) groups excluding carboxylic acids is 1. The predicted octanol–water partition coefficient (Wildman–Crippen LogP) is 4.77.